The molecule has 0 saturated heterocycles. The van der Waals surface area contributed by atoms with Gasteiger partial charge in [0.1, 0.15) is 0 Å². The molecule has 1 aromatic carbocycles. The van der Waals surface area contributed by atoms with Gasteiger partial charge in [0, 0.05) is 23.5 Å². The molecule has 1 aliphatic heterocycles. The van der Waals surface area contributed by atoms with Gasteiger partial charge in [0.15, 0.2) is 0 Å². The van der Waals surface area contributed by atoms with E-state index in [1.807, 2.05) is 0 Å². The zero-order chi connectivity index (χ0) is 15.4. The number of aromatic amines is 1. The molecule has 2 heterocycles. The minimum absolute atomic E-state index is 0.161. The predicted octanol–water partition coefficient (Wildman–Crippen LogP) is 2.97. The van der Waals surface area contributed by atoms with Crippen LogP contribution in [0.1, 0.15) is 11.1 Å². The highest BCUT2D eigenvalue weighted by Gasteiger charge is 2.36. The van der Waals surface area contributed by atoms with Gasteiger partial charge in [-0.3, -0.25) is 9.69 Å². The van der Waals surface area contributed by atoms with Crippen molar-refractivity contribution >= 4 is 38.4 Å². The number of benzene rings is 1. The van der Waals surface area contributed by atoms with Crippen molar-refractivity contribution in [1.82, 2.24) is 9.88 Å². The normalized spacial score (nSPS) is 24.0. The van der Waals surface area contributed by atoms with Crippen molar-refractivity contribution in [2.75, 3.05) is 20.7 Å². The summed E-state index contributed by atoms with van der Waals surface area (Å²) in [5.41, 5.74) is 4.94. The maximum absolute atomic E-state index is 12.0. The van der Waals surface area contributed by atoms with Crippen LogP contribution >= 0.6 is 15.9 Å². The molecule has 0 bridgehead atoms. The van der Waals surface area contributed by atoms with Crippen LogP contribution in [0.4, 0.5) is 0 Å². The maximum atomic E-state index is 12.0. The van der Waals surface area contributed by atoms with E-state index in [9.17, 15) is 4.79 Å². The SMILES string of the molecule is COC(=O)C1C=C2c3cccc4[nH]c(Br)c(c34)C[C@H]2N(C)C1. The van der Waals surface area contributed by atoms with E-state index >= 15 is 0 Å². The molecule has 0 saturated carbocycles. The Hall–Kier alpha value is -1.59. The van der Waals surface area contributed by atoms with Crippen LogP contribution < -0.4 is 0 Å². The van der Waals surface area contributed by atoms with Crippen LogP contribution in [0.15, 0.2) is 28.9 Å². The summed E-state index contributed by atoms with van der Waals surface area (Å²) in [6.07, 6.45) is 3.06. The first-order valence-electron chi connectivity index (χ1n) is 7.39. The summed E-state index contributed by atoms with van der Waals surface area (Å²) >= 11 is 3.65. The molecule has 1 aromatic heterocycles. The molecule has 1 aliphatic carbocycles. The highest BCUT2D eigenvalue weighted by atomic mass is 79.9. The molecule has 0 spiro atoms. The quantitative estimate of drug-likeness (QED) is 0.795. The first kappa shape index (κ1) is 14.0. The number of hydrogen-bond donors (Lipinski definition) is 1. The highest BCUT2D eigenvalue weighted by Crippen LogP contribution is 2.43. The molecule has 4 rings (SSSR count). The number of carbonyl (C=O) groups excluding carboxylic acids is 1. The largest absolute Gasteiger partial charge is 0.469 e. The summed E-state index contributed by atoms with van der Waals surface area (Å²) in [4.78, 5) is 17.6. The average molecular weight is 361 g/mol. The summed E-state index contributed by atoms with van der Waals surface area (Å²) in [5.74, 6) is -0.355. The fourth-order valence-electron chi connectivity index (χ4n) is 3.80. The van der Waals surface area contributed by atoms with Crippen LogP contribution in [0, 0.1) is 5.92 Å². The van der Waals surface area contributed by atoms with Crippen molar-refractivity contribution in [3.05, 3.63) is 40.0 Å². The van der Waals surface area contributed by atoms with Crippen LogP contribution in [-0.2, 0) is 16.0 Å². The molecule has 0 fully saturated rings. The number of halogens is 1. The summed E-state index contributed by atoms with van der Waals surface area (Å²) in [6, 6.07) is 6.62. The van der Waals surface area contributed by atoms with E-state index in [0.717, 1.165) is 16.5 Å². The van der Waals surface area contributed by atoms with Crippen molar-refractivity contribution in [3.63, 3.8) is 0 Å². The third kappa shape index (κ3) is 1.88. The molecule has 5 heteroatoms. The summed E-state index contributed by atoms with van der Waals surface area (Å²) in [7, 11) is 3.54. The number of rotatable bonds is 1. The van der Waals surface area contributed by atoms with Gasteiger partial charge in [-0.25, -0.2) is 0 Å². The molecule has 22 heavy (non-hydrogen) atoms. The smallest absolute Gasteiger partial charge is 0.313 e. The van der Waals surface area contributed by atoms with Crippen molar-refractivity contribution in [1.29, 1.82) is 0 Å². The third-order valence-electron chi connectivity index (χ3n) is 4.84. The lowest BCUT2D eigenvalue weighted by atomic mass is 9.80. The minimum atomic E-state index is -0.194. The summed E-state index contributed by atoms with van der Waals surface area (Å²) in [6.45, 7) is 0.703. The van der Waals surface area contributed by atoms with E-state index in [2.05, 4.69) is 57.1 Å². The number of ether oxygens (including phenoxy) is 1. The van der Waals surface area contributed by atoms with Gasteiger partial charge in [0.25, 0.3) is 0 Å². The number of nitrogens with zero attached hydrogens (tertiary/aromatic N) is 1. The van der Waals surface area contributed by atoms with Crippen molar-refractivity contribution in [2.45, 2.75) is 12.5 Å². The molecule has 2 aliphatic rings. The van der Waals surface area contributed by atoms with Gasteiger partial charge in [0.05, 0.1) is 17.6 Å². The Labute approximate surface area is 137 Å². The van der Waals surface area contributed by atoms with Gasteiger partial charge in [-0.1, -0.05) is 18.2 Å². The molecule has 1 N–H and O–H groups in total. The number of H-pyrrole nitrogens is 1. The molecular formula is C17H17BrN2O2. The zero-order valence-corrected chi connectivity index (χ0v) is 14.1. The second-order valence-corrected chi connectivity index (χ2v) is 6.85. The topological polar surface area (TPSA) is 45.3 Å². The number of carbonyl (C=O) groups is 1. The molecular weight excluding hydrogens is 344 g/mol. The molecule has 4 nitrogen and oxygen atoms in total. The van der Waals surface area contributed by atoms with Crippen molar-refractivity contribution < 1.29 is 9.53 Å². The fraction of sp³-hybridized carbons (Fsp3) is 0.353. The van der Waals surface area contributed by atoms with Gasteiger partial charge in [-0.15, -0.1) is 0 Å². The Morgan fingerprint density at radius 3 is 3.05 bits per heavy atom. The number of likely N-dealkylation sites (N-methyl/N-ethyl adjacent to an activating group) is 1. The lowest BCUT2D eigenvalue weighted by Gasteiger charge is -2.39. The van der Waals surface area contributed by atoms with E-state index in [-0.39, 0.29) is 11.9 Å². The van der Waals surface area contributed by atoms with E-state index in [1.54, 1.807) is 0 Å². The van der Waals surface area contributed by atoms with E-state index in [0.29, 0.717) is 12.6 Å². The van der Waals surface area contributed by atoms with Crippen LogP contribution in [0.3, 0.4) is 0 Å². The number of aromatic nitrogens is 1. The highest BCUT2D eigenvalue weighted by molar-refractivity contribution is 9.10. The molecule has 2 aromatic rings. The summed E-state index contributed by atoms with van der Waals surface area (Å²) < 4.78 is 6.01. The number of hydrogen-bond acceptors (Lipinski definition) is 3. The first-order valence-corrected chi connectivity index (χ1v) is 8.18. The Bertz CT molecular complexity index is 808. The predicted molar refractivity (Wildman–Crippen MR) is 89.6 cm³/mol. The van der Waals surface area contributed by atoms with Crippen LogP contribution in [0.25, 0.3) is 16.5 Å². The van der Waals surface area contributed by atoms with Gasteiger partial charge in [-0.2, -0.15) is 0 Å². The number of esters is 1. The van der Waals surface area contributed by atoms with Gasteiger partial charge in [-0.05, 0) is 52.2 Å². The Kier molecular flexibility index (Phi) is 3.16. The average Bonchev–Trinajstić information content (AvgIpc) is 2.84. The van der Waals surface area contributed by atoms with Crippen molar-refractivity contribution in [2.24, 2.45) is 5.92 Å². The monoisotopic (exact) mass is 360 g/mol. The first-order chi connectivity index (χ1) is 10.6. The number of methoxy groups -OCH3 is 1. The van der Waals surface area contributed by atoms with Crippen molar-refractivity contribution in [3.8, 4) is 0 Å². The molecule has 0 amide bonds. The maximum Gasteiger partial charge on any atom is 0.313 e. The van der Waals surface area contributed by atoms with E-state index in [4.69, 9.17) is 4.74 Å². The van der Waals surface area contributed by atoms with E-state index in [1.165, 1.54) is 29.2 Å². The van der Waals surface area contributed by atoms with Gasteiger partial charge in [0.2, 0.25) is 0 Å². The fourth-order valence-corrected chi connectivity index (χ4v) is 4.37. The van der Waals surface area contributed by atoms with Gasteiger partial charge < -0.3 is 9.72 Å². The van der Waals surface area contributed by atoms with Crippen LogP contribution in [0.5, 0.6) is 0 Å². The van der Waals surface area contributed by atoms with Crippen LogP contribution in [0.2, 0.25) is 0 Å². The van der Waals surface area contributed by atoms with E-state index < -0.39 is 0 Å². The Balaban J connectivity index is 1.93. The molecule has 2 atom stereocenters. The Morgan fingerprint density at radius 1 is 1.45 bits per heavy atom. The Morgan fingerprint density at radius 2 is 2.27 bits per heavy atom. The minimum Gasteiger partial charge on any atom is -0.469 e. The summed E-state index contributed by atoms with van der Waals surface area (Å²) in [5, 5.41) is 1.27. The van der Waals surface area contributed by atoms with Gasteiger partial charge >= 0.3 is 5.97 Å². The number of fused-ring (bicyclic) bond motifs is 2. The molecule has 1 unspecified atom stereocenters. The standard InChI is InChI=1S/C17H17BrN2O2/c1-20-8-9(17(21)22-2)6-11-10-4-3-5-13-15(10)12(7-14(11)20)16(18)19-13/h3-6,9,14,19H,7-8H2,1-2H3/t9?,14-/m1/s1. The second kappa shape index (κ2) is 4.96. The zero-order valence-electron chi connectivity index (χ0n) is 12.5. The molecule has 0 radical (unpaired) electrons. The third-order valence-corrected chi connectivity index (χ3v) is 5.52. The molecule has 114 valence electrons. The lowest BCUT2D eigenvalue weighted by molar-refractivity contribution is -0.144. The lowest BCUT2D eigenvalue weighted by Crippen LogP contribution is -2.44. The number of nitrogens with one attached hydrogen (secondary N) is 1. The van der Waals surface area contributed by atoms with Crippen LogP contribution in [-0.4, -0.2) is 42.6 Å². The second-order valence-electron chi connectivity index (χ2n) is 6.06.